The van der Waals surface area contributed by atoms with E-state index in [1.54, 1.807) is 18.2 Å². The molecule has 0 aliphatic rings. The van der Waals surface area contributed by atoms with Crippen molar-refractivity contribution in [2.45, 2.75) is 6.54 Å². The Labute approximate surface area is 118 Å². The minimum absolute atomic E-state index is 0.0431. The molecule has 6 heteroatoms. The Morgan fingerprint density at radius 2 is 1.95 bits per heavy atom. The summed E-state index contributed by atoms with van der Waals surface area (Å²) in [5.41, 5.74) is 0.244. The average Bonchev–Trinajstić information content (AvgIpc) is 2.36. The first-order chi connectivity index (χ1) is 8.97. The van der Waals surface area contributed by atoms with Crippen LogP contribution in [0.1, 0.15) is 15.9 Å². The molecule has 4 nitrogen and oxygen atoms in total. The molecule has 0 radical (unpaired) electrons. The fraction of sp³-hybridized carbons (Fsp3) is 0.0769. The van der Waals surface area contributed by atoms with Gasteiger partial charge in [0.1, 0.15) is 0 Å². The number of carboxylic acid groups (broad SMARTS) is 1. The van der Waals surface area contributed by atoms with Crippen molar-refractivity contribution in [3.63, 3.8) is 0 Å². The molecule has 0 bridgehead atoms. The number of pyridine rings is 1. The number of carbonyl (C=O) groups is 1. The highest BCUT2D eigenvalue weighted by Crippen LogP contribution is 2.21. The van der Waals surface area contributed by atoms with E-state index >= 15 is 0 Å². The van der Waals surface area contributed by atoms with E-state index in [1.807, 2.05) is 0 Å². The van der Waals surface area contributed by atoms with E-state index in [0.29, 0.717) is 15.6 Å². The highest BCUT2D eigenvalue weighted by atomic mass is 35.5. The number of hydrogen-bond donors (Lipinski definition) is 1. The van der Waals surface area contributed by atoms with Gasteiger partial charge in [0.15, 0.2) is 0 Å². The van der Waals surface area contributed by atoms with Crippen molar-refractivity contribution < 1.29 is 9.90 Å². The van der Waals surface area contributed by atoms with Crippen LogP contribution in [0.3, 0.4) is 0 Å². The van der Waals surface area contributed by atoms with E-state index in [-0.39, 0.29) is 12.1 Å². The molecular formula is C13H9Cl2NO3. The molecule has 2 rings (SSSR count). The second-order valence-corrected chi connectivity index (χ2v) is 4.77. The van der Waals surface area contributed by atoms with Gasteiger partial charge in [-0.15, -0.1) is 0 Å². The molecule has 0 saturated carbocycles. The lowest BCUT2D eigenvalue weighted by Gasteiger charge is -2.08. The fourth-order valence-corrected chi connectivity index (χ4v) is 1.99. The quantitative estimate of drug-likeness (QED) is 0.947. The molecule has 0 aliphatic heterocycles. The third kappa shape index (κ3) is 3.16. The van der Waals surface area contributed by atoms with Crippen LogP contribution in [0.2, 0.25) is 10.0 Å². The Kier molecular flexibility index (Phi) is 3.93. The summed E-state index contributed by atoms with van der Waals surface area (Å²) < 4.78 is 1.37. The molecule has 0 aliphatic carbocycles. The van der Waals surface area contributed by atoms with Crippen molar-refractivity contribution in [1.29, 1.82) is 0 Å². The molecule has 0 atom stereocenters. The first kappa shape index (κ1) is 13.6. The molecule has 1 N–H and O–H groups in total. The Bertz CT molecular complexity index is 695. The number of halogens is 2. The van der Waals surface area contributed by atoms with Gasteiger partial charge in [0.25, 0.3) is 5.56 Å². The number of hydrogen-bond acceptors (Lipinski definition) is 2. The SMILES string of the molecule is O=C(O)c1ccn(Cc2cc(Cl)ccc2Cl)c(=O)c1. The van der Waals surface area contributed by atoms with E-state index in [1.165, 1.54) is 16.8 Å². The van der Waals surface area contributed by atoms with Crippen molar-refractivity contribution in [3.8, 4) is 0 Å². The van der Waals surface area contributed by atoms with Gasteiger partial charge in [0, 0.05) is 22.3 Å². The van der Waals surface area contributed by atoms with E-state index in [4.69, 9.17) is 28.3 Å². The maximum absolute atomic E-state index is 11.8. The molecule has 0 fully saturated rings. The van der Waals surface area contributed by atoms with Gasteiger partial charge in [-0.05, 0) is 29.8 Å². The van der Waals surface area contributed by atoms with Gasteiger partial charge in [0.05, 0.1) is 12.1 Å². The molecule has 0 spiro atoms. The maximum atomic E-state index is 11.8. The third-order valence-corrected chi connectivity index (χ3v) is 3.20. The van der Waals surface area contributed by atoms with Crippen molar-refractivity contribution >= 4 is 29.2 Å². The van der Waals surface area contributed by atoms with Crippen molar-refractivity contribution in [2.75, 3.05) is 0 Å². The maximum Gasteiger partial charge on any atom is 0.335 e. The lowest BCUT2D eigenvalue weighted by Crippen LogP contribution is -2.20. The molecule has 2 aromatic rings. The zero-order valence-electron chi connectivity index (χ0n) is 9.64. The van der Waals surface area contributed by atoms with E-state index in [9.17, 15) is 9.59 Å². The fourth-order valence-electron chi connectivity index (χ4n) is 1.62. The molecule has 1 heterocycles. The van der Waals surface area contributed by atoms with Crippen LogP contribution in [0, 0.1) is 0 Å². The van der Waals surface area contributed by atoms with Crippen LogP contribution in [0.25, 0.3) is 0 Å². The smallest absolute Gasteiger partial charge is 0.335 e. The molecule has 1 aromatic heterocycles. The van der Waals surface area contributed by atoms with Crippen molar-refractivity contribution in [1.82, 2.24) is 4.57 Å². The second-order valence-electron chi connectivity index (χ2n) is 3.92. The van der Waals surface area contributed by atoms with Crippen LogP contribution in [-0.4, -0.2) is 15.6 Å². The predicted octanol–water partition coefficient (Wildman–Crippen LogP) is 2.90. The second kappa shape index (κ2) is 5.47. The zero-order valence-corrected chi connectivity index (χ0v) is 11.1. The summed E-state index contributed by atoms with van der Waals surface area (Å²) in [6, 6.07) is 7.41. The lowest BCUT2D eigenvalue weighted by molar-refractivity contribution is 0.0696. The summed E-state index contributed by atoms with van der Waals surface area (Å²) in [4.78, 5) is 22.5. The number of nitrogens with zero attached hydrogens (tertiary/aromatic N) is 1. The summed E-state index contributed by atoms with van der Waals surface area (Å²) in [5.74, 6) is -1.13. The Balaban J connectivity index is 2.36. The minimum atomic E-state index is -1.13. The van der Waals surface area contributed by atoms with Gasteiger partial charge in [-0.3, -0.25) is 4.79 Å². The Hall–Kier alpha value is -1.78. The van der Waals surface area contributed by atoms with Crippen LogP contribution < -0.4 is 5.56 Å². The zero-order chi connectivity index (χ0) is 14.0. The van der Waals surface area contributed by atoms with Gasteiger partial charge in [-0.25, -0.2) is 4.79 Å². The number of rotatable bonds is 3. The molecule has 98 valence electrons. The summed E-state index contributed by atoms with van der Waals surface area (Å²) >= 11 is 11.9. The largest absolute Gasteiger partial charge is 0.478 e. The van der Waals surface area contributed by atoms with Crippen LogP contribution in [0.4, 0.5) is 0 Å². The number of benzene rings is 1. The summed E-state index contributed by atoms with van der Waals surface area (Å²) in [7, 11) is 0. The summed E-state index contributed by atoms with van der Waals surface area (Å²) in [6.45, 7) is 0.234. The first-order valence-electron chi connectivity index (χ1n) is 5.35. The summed E-state index contributed by atoms with van der Waals surface area (Å²) in [6.07, 6.45) is 1.42. The van der Waals surface area contributed by atoms with Gasteiger partial charge < -0.3 is 9.67 Å². The third-order valence-electron chi connectivity index (χ3n) is 2.59. The first-order valence-corrected chi connectivity index (χ1v) is 6.10. The molecule has 1 aromatic carbocycles. The van der Waals surface area contributed by atoms with Crippen LogP contribution >= 0.6 is 23.2 Å². The number of aromatic nitrogens is 1. The van der Waals surface area contributed by atoms with Gasteiger partial charge in [-0.1, -0.05) is 23.2 Å². The summed E-state index contributed by atoms with van der Waals surface area (Å²) in [5, 5.41) is 9.81. The highest BCUT2D eigenvalue weighted by Gasteiger charge is 2.07. The monoisotopic (exact) mass is 297 g/mol. The predicted molar refractivity (Wildman–Crippen MR) is 73.2 cm³/mol. The van der Waals surface area contributed by atoms with Crippen molar-refractivity contribution in [3.05, 3.63) is 68.1 Å². The van der Waals surface area contributed by atoms with Gasteiger partial charge in [0.2, 0.25) is 0 Å². The van der Waals surface area contributed by atoms with E-state index in [0.717, 1.165) is 6.07 Å². The van der Waals surface area contributed by atoms with E-state index < -0.39 is 11.5 Å². The number of carboxylic acids is 1. The molecule has 0 unspecified atom stereocenters. The molecule has 19 heavy (non-hydrogen) atoms. The van der Waals surface area contributed by atoms with Crippen LogP contribution in [0.15, 0.2) is 41.3 Å². The van der Waals surface area contributed by atoms with E-state index in [2.05, 4.69) is 0 Å². The molecule has 0 saturated heterocycles. The Morgan fingerprint density at radius 3 is 2.58 bits per heavy atom. The minimum Gasteiger partial charge on any atom is -0.478 e. The van der Waals surface area contributed by atoms with Gasteiger partial charge >= 0.3 is 5.97 Å². The highest BCUT2D eigenvalue weighted by molar-refractivity contribution is 6.33. The lowest BCUT2D eigenvalue weighted by atomic mass is 10.2. The normalized spacial score (nSPS) is 10.4. The average molecular weight is 298 g/mol. The van der Waals surface area contributed by atoms with Gasteiger partial charge in [-0.2, -0.15) is 0 Å². The molecular weight excluding hydrogens is 289 g/mol. The molecule has 0 amide bonds. The van der Waals surface area contributed by atoms with Crippen molar-refractivity contribution in [2.24, 2.45) is 0 Å². The number of aromatic carboxylic acids is 1. The topological polar surface area (TPSA) is 59.3 Å². The standard InChI is InChI=1S/C13H9Cl2NO3/c14-10-1-2-11(15)9(5-10)7-16-4-3-8(13(18)19)6-12(16)17/h1-6H,7H2,(H,18,19). The Morgan fingerprint density at radius 1 is 1.21 bits per heavy atom. The van der Waals surface area contributed by atoms with Crippen LogP contribution in [0.5, 0.6) is 0 Å². The van der Waals surface area contributed by atoms with Crippen LogP contribution in [-0.2, 0) is 6.54 Å².